The number of hydrogen-bond acceptors (Lipinski definition) is 5. The fourth-order valence-electron chi connectivity index (χ4n) is 2.75. The number of benzene rings is 1. The van der Waals surface area contributed by atoms with Crippen LogP contribution in [0.2, 0.25) is 0 Å². The van der Waals surface area contributed by atoms with E-state index in [1.165, 1.54) is 10.9 Å². The van der Waals surface area contributed by atoms with Gasteiger partial charge in [0.15, 0.2) is 11.5 Å². The molecular weight excluding hydrogens is 346 g/mol. The molecule has 0 aliphatic carbocycles. The van der Waals surface area contributed by atoms with E-state index in [9.17, 15) is 9.59 Å². The molecule has 0 bridgehead atoms. The molecule has 1 aromatic carbocycles. The Morgan fingerprint density at radius 2 is 1.93 bits per heavy atom. The zero-order valence-corrected chi connectivity index (χ0v) is 14.3. The van der Waals surface area contributed by atoms with Crippen LogP contribution >= 0.6 is 0 Å². The smallest absolute Gasteiger partial charge is 0.274 e. The maximum atomic E-state index is 12.6. The van der Waals surface area contributed by atoms with E-state index < -0.39 is 11.8 Å². The van der Waals surface area contributed by atoms with Crippen LogP contribution in [-0.4, -0.2) is 36.2 Å². The van der Waals surface area contributed by atoms with E-state index in [0.29, 0.717) is 17.2 Å². The molecule has 0 aliphatic heterocycles. The first kappa shape index (κ1) is 16.5. The van der Waals surface area contributed by atoms with Crippen LogP contribution in [0.15, 0.2) is 54.9 Å². The minimum atomic E-state index is -0.714. The van der Waals surface area contributed by atoms with Crippen LogP contribution in [0, 0.1) is 0 Å². The Morgan fingerprint density at radius 3 is 2.67 bits per heavy atom. The number of primary amides is 1. The molecule has 4 aromatic rings. The third-order valence-corrected chi connectivity index (χ3v) is 4.05. The van der Waals surface area contributed by atoms with Crippen LogP contribution in [0.5, 0.6) is 0 Å². The predicted octanol–water partition coefficient (Wildman–Crippen LogP) is 1.48. The number of pyridine rings is 1. The van der Waals surface area contributed by atoms with Crippen molar-refractivity contribution >= 4 is 23.1 Å². The SMILES string of the molecule is Cn1ncc(C(N)=O)c1C(=O)Nc1ccn2nc(-c3ccccc3)nc2c1. The predicted molar refractivity (Wildman–Crippen MR) is 98.1 cm³/mol. The van der Waals surface area contributed by atoms with Gasteiger partial charge in [-0.1, -0.05) is 30.3 Å². The maximum absolute atomic E-state index is 12.6. The molecule has 4 rings (SSSR count). The van der Waals surface area contributed by atoms with Gasteiger partial charge < -0.3 is 11.1 Å². The van der Waals surface area contributed by atoms with Crippen molar-refractivity contribution in [3.8, 4) is 11.4 Å². The summed E-state index contributed by atoms with van der Waals surface area (Å²) in [7, 11) is 1.56. The summed E-state index contributed by atoms with van der Waals surface area (Å²) in [6, 6.07) is 13.0. The lowest BCUT2D eigenvalue weighted by molar-refractivity contribution is 0.0973. The Bertz CT molecular complexity index is 1160. The first-order valence-corrected chi connectivity index (χ1v) is 8.08. The molecule has 0 aliphatic rings. The van der Waals surface area contributed by atoms with Gasteiger partial charge >= 0.3 is 0 Å². The molecule has 134 valence electrons. The molecule has 0 fully saturated rings. The monoisotopic (exact) mass is 361 g/mol. The summed E-state index contributed by atoms with van der Waals surface area (Å²) in [5.41, 5.74) is 7.43. The van der Waals surface area contributed by atoms with Crippen LogP contribution < -0.4 is 11.1 Å². The molecule has 0 saturated carbocycles. The van der Waals surface area contributed by atoms with Crippen molar-refractivity contribution in [2.45, 2.75) is 0 Å². The number of aromatic nitrogens is 5. The van der Waals surface area contributed by atoms with E-state index in [2.05, 4.69) is 20.5 Å². The summed E-state index contributed by atoms with van der Waals surface area (Å²) >= 11 is 0. The number of hydrogen-bond donors (Lipinski definition) is 2. The topological polar surface area (TPSA) is 120 Å². The number of nitrogens with zero attached hydrogens (tertiary/aromatic N) is 5. The average molecular weight is 361 g/mol. The number of anilines is 1. The highest BCUT2D eigenvalue weighted by atomic mass is 16.2. The van der Waals surface area contributed by atoms with Gasteiger partial charge in [0.1, 0.15) is 5.69 Å². The van der Waals surface area contributed by atoms with E-state index in [-0.39, 0.29) is 11.3 Å². The van der Waals surface area contributed by atoms with E-state index >= 15 is 0 Å². The third kappa shape index (κ3) is 3.01. The number of amides is 2. The minimum absolute atomic E-state index is 0.0601. The minimum Gasteiger partial charge on any atom is -0.365 e. The summed E-state index contributed by atoms with van der Waals surface area (Å²) in [6.45, 7) is 0. The number of rotatable bonds is 4. The van der Waals surface area contributed by atoms with Gasteiger partial charge in [-0.2, -0.15) is 5.10 Å². The molecule has 0 spiro atoms. The standard InChI is InChI=1S/C18H15N7O2/c1-24-15(13(10-20-24)16(19)26)18(27)21-12-7-8-25-14(9-12)22-17(23-25)11-5-3-2-4-6-11/h2-10H,1H3,(H2,19,26)(H,21,27). The van der Waals surface area contributed by atoms with Gasteiger partial charge in [-0.05, 0) is 6.07 Å². The lowest BCUT2D eigenvalue weighted by Gasteiger charge is -2.06. The molecular formula is C18H15N7O2. The molecule has 2 amide bonds. The molecule has 3 N–H and O–H groups in total. The number of carbonyl (C=O) groups is 2. The second kappa shape index (κ2) is 6.37. The lowest BCUT2D eigenvalue weighted by atomic mass is 10.2. The fourth-order valence-corrected chi connectivity index (χ4v) is 2.75. The normalized spacial score (nSPS) is 10.9. The average Bonchev–Trinajstić information content (AvgIpc) is 3.25. The highest BCUT2D eigenvalue weighted by molar-refractivity contribution is 6.10. The van der Waals surface area contributed by atoms with Gasteiger partial charge in [0.25, 0.3) is 11.8 Å². The largest absolute Gasteiger partial charge is 0.365 e. The second-order valence-corrected chi connectivity index (χ2v) is 5.87. The van der Waals surface area contributed by atoms with Gasteiger partial charge in [-0.25, -0.2) is 9.50 Å². The summed E-state index contributed by atoms with van der Waals surface area (Å²) in [6.07, 6.45) is 2.97. The van der Waals surface area contributed by atoms with Gasteiger partial charge in [0.05, 0.1) is 11.8 Å². The Balaban J connectivity index is 1.64. The van der Waals surface area contributed by atoms with E-state index in [0.717, 1.165) is 5.56 Å². The lowest BCUT2D eigenvalue weighted by Crippen LogP contribution is -2.22. The summed E-state index contributed by atoms with van der Waals surface area (Å²) in [4.78, 5) is 28.5. The van der Waals surface area contributed by atoms with E-state index in [1.54, 1.807) is 29.9 Å². The van der Waals surface area contributed by atoms with Crippen LogP contribution in [0.4, 0.5) is 5.69 Å². The highest BCUT2D eigenvalue weighted by Gasteiger charge is 2.20. The first-order chi connectivity index (χ1) is 13.0. The number of fused-ring (bicyclic) bond motifs is 1. The summed E-state index contributed by atoms with van der Waals surface area (Å²) < 4.78 is 2.93. The van der Waals surface area contributed by atoms with Crippen LogP contribution in [-0.2, 0) is 7.05 Å². The van der Waals surface area contributed by atoms with Crippen molar-refractivity contribution in [2.75, 3.05) is 5.32 Å². The van der Waals surface area contributed by atoms with Crippen LogP contribution in [0.25, 0.3) is 17.0 Å². The molecule has 3 heterocycles. The van der Waals surface area contributed by atoms with Crippen molar-refractivity contribution in [2.24, 2.45) is 12.8 Å². The second-order valence-electron chi connectivity index (χ2n) is 5.87. The van der Waals surface area contributed by atoms with Gasteiger partial charge in [-0.3, -0.25) is 14.3 Å². The van der Waals surface area contributed by atoms with E-state index in [1.807, 2.05) is 30.3 Å². The van der Waals surface area contributed by atoms with Crippen molar-refractivity contribution < 1.29 is 9.59 Å². The molecule has 0 radical (unpaired) electrons. The maximum Gasteiger partial charge on any atom is 0.274 e. The highest BCUT2D eigenvalue weighted by Crippen LogP contribution is 2.18. The summed E-state index contributed by atoms with van der Waals surface area (Å²) in [5.74, 6) is -0.619. The fraction of sp³-hybridized carbons (Fsp3) is 0.0556. The van der Waals surface area contributed by atoms with Gasteiger partial charge in [-0.15, -0.1) is 5.10 Å². The molecule has 3 aromatic heterocycles. The third-order valence-electron chi connectivity index (χ3n) is 4.05. The van der Waals surface area contributed by atoms with Crippen molar-refractivity contribution in [1.82, 2.24) is 24.4 Å². The Kier molecular flexibility index (Phi) is 3.88. The molecule has 9 heteroatoms. The quantitative estimate of drug-likeness (QED) is 0.570. The molecule has 0 unspecified atom stereocenters. The van der Waals surface area contributed by atoms with Gasteiger partial charge in [0.2, 0.25) is 0 Å². The zero-order valence-electron chi connectivity index (χ0n) is 14.3. The van der Waals surface area contributed by atoms with Crippen molar-refractivity contribution in [1.29, 1.82) is 0 Å². The Hall–Kier alpha value is -4.01. The van der Waals surface area contributed by atoms with Crippen LogP contribution in [0.3, 0.4) is 0 Å². The van der Waals surface area contributed by atoms with Crippen LogP contribution in [0.1, 0.15) is 20.8 Å². The Morgan fingerprint density at radius 1 is 1.15 bits per heavy atom. The number of carbonyl (C=O) groups excluding carboxylic acids is 2. The van der Waals surface area contributed by atoms with Crippen molar-refractivity contribution in [3.63, 3.8) is 0 Å². The van der Waals surface area contributed by atoms with Gasteiger partial charge in [0, 0.05) is 30.6 Å². The number of aryl methyl sites for hydroxylation is 1. The summed E-state index contributed by atoms with van der Waals surface area (Å²) in [5, 5.41) is 11.1. The number of nitrogens with one attached hydrogen (secondary N) is 1. The molecule has 0 saturated heterocycles. The molecule has 27 heavy (non-hydrogen) atoms. The van der Waals surface area contributed by atoms with Crippen molar-refractivity contribution in [3.05, 3.63) is 66.1 Å². The zero-order chi connectivity index (χ0) is 19.0. The molecule has 9 nitrogen and oxygen atoms in total. The number of nitrogens with two attached hydrogens (primary N) is 1. The Labute approximate surface area is 153 Å². The molecule has 0 atom stereocenters. The van der Waals surface area contributed by atoms with E-state index in [4.69, 9.17) is 5.73 Å². The first-order valence-electron chi connectivity index (χ1n) is 8.08.